The quantitative estimate of drug-likeness (QED) is 0.593. The van der Waals surface area contributed by atoms with Crippen molar-refractivity contribution in [2.45, 2.75) is 33.7 Å². The molecule has 0 fully saturated rings. The van der Waals surface area contributed by atoms with Gasteiger partial charge >= 0.3 is 0 Å². The van der Waals surface area contributed by atoms with E-state index in [4.69, 9.17) is 23.2 Å². The Hall–Kier alpha value is -1.72. The summed E-state index contributed by atoms with van der Waals surface area (Å²) in [5.74, 6) is 0.790. The molecule has 0 unspecified atom stereocenters. The van der Waals surface area contributed by atoms with E-state index in [2.05, 4.69) is 34.6 Å². The van der Waals surface area contributed by atoms with E-state index >= 15 is 0 Å². The normalized spacial score (nSPS) is 11.7. The first-order valence-corrected chi connectivity index (χ1v) is 9.12. The first kappa shape index (κ1) is 19.6. The maximum Gasteiger partial charge on any atom is 0.191 e. The Labute approximate surface area is 159 Å². The molecule has 0 aliphatic carbocycles. The second kappa shape index (κ2) is 9.11. The van der Waals surface area contributed by atoms with Gasteiger partial charge in [-0.2, -0.15) is 5.10 Å². The Morgan fingerprint density at radius 2 is 1.84 bits per heavy atom. The van der Waals surface area contributed by atoms with Gasteiger partial charge in [0.1, 0.15) is 0 Å². The molecule has 0 aliphatic heterocycles. The van der Waals surface area contributed by atoms with Crippen LogP contribution in [-0.2, 0) is 20.0 Å². The Balaban J connectivity index is 1.97. The Morgan fingerprint density at radius 1 is 1.16 bits per heavy atom. The number of nitrogens with one attached hydrogen (secondary N) is 2. The molecule has 7 heteroatoms. The third kappa shape index (κ3) is 5.65. The van der Waals surface area contributed by atoms with Crippen molar-refractivity contribution in [2.75, 3.05) is 13.1 Å². The van der Waals surface area contributed by atoms with Gasteiger partial charge in [-0.15, -0.1) is 0 Å². The van der Waals surface area contributed by atoms with Crippen LogP contribution in [0.3, 0.4) is 0 Å². The lowest BCUT2D eigenvalue weighted by molar-refractivity contribution is 0.730. The summed E-state index contributed by atoms with van der Waals surface area (Å²) in [6.45, 7) is 8.28. The number of guanidine groups is 1. The van der Waals surface area contributed by atoms with Gasteiger partial charge in [0.15, 0.2) is 5.96 Å². The molecule has 0 saturated carbocycles. The summed E-state index contributed by atoms with van der Waals surface area (Å²) in [5, 5.41) is 12.4. The number of hydrogen-bond acceptors (Lipinski definition) is 2. The van der Waals surface area contributed by atoms with Crippen molar-refractivity contribution in [3.8, 4) is 0 Å². The van der Waals surface area contributed by atoms with Gasteiger partial charge in [-0.1, -0.05) is 23.2 Å². The molecule has 1 aromatic heterocycles. The summed E-state index contributed by atoms with van der Waals surface area (Å²) in [7, 11) is 1.95. The van der Waals surface area contributed by atoms with Gasteiger partial charge < -0.3 is 10.6 Å². The van der Waals surface area contributed by atoms with Gasteiger partial charge in [0.2, 0.25) is 0 Å². The third-order valence-electron chi connectivity index (χ3n) is 4.03. The van der Waals surface area contributed by atoms with Crippen molar-refractivity contribution in [3.63, 3.8) is 0 Å². The zero-order chi connectivity index (χ0) is 18.4. The van der Waals surface area contributed by atoms with Crippen LogP contribution < -0.4 is 10.6 Å². The standard InChI is InChI=1S/C18H25Cl2N5/c1-5-21-18(23-11-17-12(2)24-25(4)13(17)3)22-7-6-14-8-15(19)10-16(20)9-14/h8-10H,5-7,11H2,1-4H3,(H2,21,22,23). The fourth-order valence-corrected chi connectivity index (χ4v) is 3.20. The molecule has 136 valence electrons. The van der Waals surface area contributed by atoms with Crippen LogP contribution in [0.4, 0.5) is 0 Å². The van der Waals surface area contributed by atoms with Gasteiger partial charge in [-0.05, 0) is 51.0 Å². The minimum absolute atomic E-state index is 0.601. The van der Waals surface area contributed by atoms with Crippen LogP contribution in [0.15, 0.2) is 23.2 Å². The third-order valence-corrected chi connectivity index (χ3v) is 4.46. The fraction of sp³-hybridized carbons (Fsp3) is 0.444. The van der Waals surface area contributed by atoms with Gasteiger partial charge in [-0.3, -0.25) is 4.68 Å². The summed E-state index contributed by atoms with van der Waals surface area (Å²) in [5.41, 5.74) is 4.43. The SMILES string of the molecule is CCNC(=NCc1c(C)nn(C)c1C)NCCc1cc(Cl)cc(Cl)c1. The topological polar surface area (TPSA) is 54.2 Å². The molecule has 0 amide bonds. The fourth-order valence-electron chi connectivity index (χ4n) is 2.63. The van der Waals surface area contributed by atoms with Crippen molar-refractivity contribution >= 4 is 29.2 Å². The number of aliphatic imine (C=N–C) groups is 1. The summed E-state index contributed by atoms with van der Waals surface area (Å²) in [4.78, 5) is 4.67. The maximum absolute atomic E-state index is 6.04. The van der Waals surface area contributed by atoms with Gasteiger partial charge in [-0.25, -0.2) is 4.99 Å². The summed E-state index contributed by atoms with van der Waals surface area (Å²) in [6, 6.07) is 5.60. The first-order chi connectivity index (χ1) is 11.9. The smallest absolute Gasteiger partial charge is 0.191 e. The molecule has 2 rings (SSSR count). The van der Waals surface area contributed by atoms with Crippen LogP contribution >= 0.6 is 23.2 Å². The highest BCUT2D eigenvalue weighted by atomic mass is 35.5. The van der Waals surface area contributed by atoms with E-state index in [9.17, 15) is 0 Å². The lowest BCUT2D eigenvalue weighted by Crippen LogP contribution is -2.38. The number of rotatable bonds is 6. The average Bonchev–Trinajstić information content (AvgIpc) is 2.77. The number of halogens is 2. The van der Waals surface area contributed by atoms with Crippen LogP contribution in [0.1, 0.15) is 29.4 Å². The largest absolute Gasteiger partial charge is 0.357 e. The number of aromatic nitrogens is 2. The van der Waals surface area contributed by atoms with Crippen LogP contribution in [0.2, 0.25) is 10.0 Å². The van der Waals surface area contributed by atoms with Gasteiger partial charge in [0, 0.05) is 41.4 Å². The highest BCUT2D eigenvalue weighted by Crippen LogP contribution is 2.19. The zero-order valence-corrected chi connectivity index (χ0v) is 16.7. The second-order valence-electron chi connectivity index (χ2n) is 5.92. The Morgan fingerprint density at radius 3 is 2.40 bits per heavy atom. The summed E-state index contributed by atoms with van der Waals surface area (Å²) >= 11 is 12.1. The van der Waals surface area contributed by atoms with E-state index in [-0.39, 0.29) is 0 Å². The van der Waals surface area contributed by atoms with Crippen LogP contribution in [0.25, 0.3) is 0 Å². The van der Waals surface area contributed by atoms with Crippen molar-refractivity contribution in [3.05, 3.63) is 50.8 Å². The lowest BCUT2D eigenvalue weighted by Gasteiger charge is -2.12. The Kier molecular flexibility index (Phi) is 7.14. The minimum Gasteiger partial charge on any atom is -0.357 e. The molecule has 0 atom stereocenters. The van der Waals surface area contributed by atoms with Gasteiger partial charge in [0.25, 0.3) is 0 Å². The molecule has 0 radical (unpaired) electrons. The molecule has 0 aliphatic rings. The second-order valence-corrected chi connectivity index (χ2v) is 6.80. The molecule has 0 saturated heterocycles. The number of aryl methyl sites for hydroxylation is 2. The molecule has 1 heterocycles. The summed E-state index contributed by atoms with van der Waals surface area (Å²) < 4.78 is 1.89. The number of nitrogens with zero attached hydrogens (tertiary/aromatic N) is 3. The van der Waals surface area contributed by atoms with E-state index in [0.717, 1.165) is 42.4 Å². The maximum atomic E-state index is 6.04. The predicted molar refractivity (Wildman–Crippen MR) is 106 cm³/mol. The zero-order valence-electron chi connectivity index (χ0n) is 15.2. The molecular formula is C18H25Cl2N5. The van der Waals surface area contributed by atoms with Crippen LogP contribution in [-0.4, -0.2) is 28.8 Å². The average molecular weight is 382 g/mol. The van der Waals surface area contributed by atoms with E-state index < -0.39 is 0 Å². The molecule has 1 aromatic carbocycles. The monoisotopic (exact) mass is 381 g/mol. The molecule has 5 nitrogen and oxygen atoms in total. The highest BCUT2D eigenvalue weighted by molar-refractivity contribution is 6.34. The van der Waals surface area contributed by atoms with E-state index in [1.54, 1.807) is 6.07 Å². The van der Waals surface area contributed by atoms with Crippen molar-refractivity contribution in [1.29, 1.82) is 0 Å². The molecule has 0 bridgehead atoms. The van der Waals surface area contributed by atoms with Gasteiger partial charge in [0.05, 0.1) is 12.2 Å². The first-order valence-electron chi connectivity index (χ1n) is 8.37. The van der Waals surface area contributed by atoms with Crippen LogP contribution in [0.5, 0.6) is 0 Å². The predicted octanol–water partition coefficient (Wildman–Crippen LogP) is 3.64. The number of hydrogen-bond donors (Lipinski definition) is 2. The van der Waals surface area contributed by atoms with Crippen molar-refractivity contribution in [2.24, 2.45) is 12.0 Å². The van der Waals surface area contributed by atoms with Crippen molar-refractivity contribution < 1.29 is 0 Å². The van der Waals surface area contributed by atoms with E-state index in [0.29, 0.717) is 16.6 Å². The Bertz CT molecular complexity index is 732. The molecule has 2 N–H and O–H groups in total. The molecular weight excluding hydrogens is 357 g/mol. The summed E-state index contributed by atoms with van der Waals surface area (Å²) in [6.07, 6.45) is 0.815. The highest BCUT2D eigenvalue weighted by Gasteiger charge is 2.09. The molecule has 0 spiro atoms. The molecule has 25 heavy (non-hydrogen) atoms. The van der Waals surface area contributed by atoms with E-state index in [1.165, 1.54) is 5.56 Å². The number of benzene rings is 1. The van der Waals surface area contributed by atoms with Crippen LogP contribution in [0, 0.1) is 13.8 Å². The van der Waals surface area contributed by atoms with Crippen molar-refractivity contribution in [1.82, 2.24) is 20.4 Å². The van der Waals surface area contributed by atoms with E-state index in [1.807, 2.05) is 30.8 Å². The lowest BCUT2D eigenvalue weighted by atomic mass is 10.1. The minimum atomic E-state index is 0.601. The molecule has 2 aromatic rings.